The van der Waals surface area contributed by atoms with Crippen LogP contribution in [0.4, 0.5) is 0 Å². The first-order valence-electron chi connectivity index (χ1n) is 9.37. The molecule has 3 rings (SSSR count). The molecule has 0 spiro atoms. The number of aldehydes is 1. The van der Waals surface area contributed by atoms with Gasteiger partial charge in [-0.1, -0.05) is 30.7 Å². The normalized spacial score (nSPS) is 12.3. The number of carbonyl (C=O) groups excluding carboxylic acids is 1. The van der Waals surface area contributed by atoms with Crippen molar-refractivity contribution >= 4 is 16.1 Å². The van der Waals surface area contributed by atoms with E-state index >= 15 is 0 Å². The third-order valence-corrected chi connectivity index (χ3v) is 6.78. The number of benzene rings is 2. The molecule has 6 heteroatoms. The Balaban J connectivity index is 1.93. The van der Waals surface area contributed by atoms with Gasteiger partial charge in [0.1, 0.15) is 23.9 Å². The zero-order chi connectivity index (χ0) is 20.9. The van der Waals surface area contributed by atoms with Crippen LogP contribution < -0.4 is 4.74 Å². The molecule has 0 saturated heterocycles. The number of rotatable bonds is 8. The summed E-state index contributed by atoms with van der Waals surface area (Å²) in [4.78, 5) is 15.4. The van der Waals surface area contributed by atoms with Crippen molar-refractivity contribution in [3.05, 3.63) is 89.2 Å². The summed E-state index contributed by atoms with van der Waals surface area (Å²) in [5.74, 6) is 0.491. The predicted molar refractivity (Wildman–Crippen MR) is 112 cm³/mol. The summed E-state index contributed by atoms with van der Waals surface area (Å²) in [7, 11) is -3.72. The SMILES string of the molecule is CCc1ccc(C(COc2ccc(C=O)cc2)S(=O)(=O)c2ccc(C)cc2)nc1. The molecule has 5 nitrogen and oxygen atoms in total. The third kappa shape index (κ3) is 4.90. The second-order valence-corrected chi connectivity index (χ2v) is 8.92. The quantitative estimate of drug-likeness (QED) is 0.517. The Kier molecular flexibility index (Phi) is 6.44. The van der Waals surface area contributed by atoms with Gasteiger partial charge in [0.2, 0.25) is 0 Å². The second kappa shape index (κ2) is 9.01. The molecule has 0 aliphatic rings. The number of aromatic nitrogens is 1. The van der Waals surface area contributed by atoms with Crippen LogP contribution in [0.5, 0.6) is 5.75 Å². The first-order chi connectivity index (χ1) is 13.9. The number of carbonyl (C=O) groups is 1. The van der Waals surface area contributed by atoms with Gasteiger partial charge in [-0.15, -0.1) is 0 Å². The van der Waals surface area contributed by atoms with E-state index in [-0.39, 0.29) is 11.5 Å². The minimum absolute atomic E-state index is 0.0882. The van der Waals surface area contributed by atoms with Crippen LogP contribution in [0.25, 0.3) is 0 Å². The second-order valence-electron chi connectivity index (χ2n) is 6.79. The van der Waals surface area contributed by atoms with Crippen molar-refractivity contribution < 1.29 is 17.9 Å². The maximum absolute atomic E-state index is 13.4. The molecule has 1 aromatic heterocycles. The van der Waals surface area contributed by atoms with E-state index in [0.29, 0.717) is 17.0 Å². The highest BCUT2D eigenvalue weighted by Crippen LogP contribution is 2.29. The topological polar surface area (TPSA) is 73.3 Å². The Morgan fingerprint density at radius 2 is 1.69 bits per heavy atom. The summed E-state index contributed by atoms with van der Waals surface area (Å²) in [6.45, 7) is 3.84. The molecular weight excluding hydrogens is 386 g/mol. The van der Waals surface area contributed by atoms with E-state index in [2.05, 4.69) is 4.98 Å². The van der Waals surface area contributed by atoms with E-state index in [1.807, 2.05) is 19.9 Å². The smallest absolute Gasteiger partial charge is 0.190 e. The first kappa shape index (κ1) is 20.7. The van der Waals surface area contributed by atoms with Gasteiger partial charge in [0, 0.05) is 11.8 Å². The highest BCUT2D eigenvalue weighted by Gasteiger charge is 2.31. The minimum Gasteiger partial charge on any atom is -0.492 e. The van der Waals surface area contributed by atoms with Gasteiger partial charge >= 0.3 is 0 Å². The van der Waals surface area contributed by atoms with Crippen LogP contribution in [0.15, 0.2) is 71.8 Å². The molecule has 0 radical (unpaired) electrons. The third-order valence-electron chi connectivity index (χ3n) is 4.73. The Hall–Kier alpha value is -2.99. The van der Waals surface area contributed by atoms with Gasteiger partial charge in [0.15, 0.2) is 9.84 Å². The van der Waals surface area contributed by atoms with Gasteiger partial charge in [-0.2, -0.15) is 0 Å². The summed E-state index contributed by atoms with van der Waals surface area (Å²) < 4.78 is 32.5. The van der Waals surface area contributed by atoms with Crippen LogP contribution in [0.3, 0.4) is 0 Å². The summed E-state index contributed by atoms with van der Waals surface area (Å²) in [6.07, 6.45) is 3.27. The van der Waals surface area contributed by atoms with Crippen molar-refractivity contribution in [3.63, 3.8) is 0 Å². The number of aryl methyl sites for hydroxylation is 2. The first-order valence-corrected chi connectivity index (χ1v) is 10.9. The van der Waals surface area contributed by atoms with Crippen molar-refractivity contribution in [2.24, 2.45) is 0 Å². The van der Waals surface area contributed by atoms with Crippen LogP contribution in [0, 0.1) is 6.92 Å². The molecule has 0 bridgehead atoms. The van der Waals surface area contributed by atoms with Gasteiger partial charge in [-0.05, 0) is 61.4 Å². The fraction of sp³-hybridized carbons (Fsp3) is 0.217. The lowest BCUT2D eigenvalue weighted by Crippen LogP contribution is -2.22. The van der Waals surface area contributed by atoms with E-state index in [0.717, 1.165) is 23.8 Å². The lowest BCUT2D eigenvalue weighted by atomic mass is 10.2. The van der Waals surface area contributed by atoms with Crippen molar-refractivity contribution in [2.45, 2.75) is 30.4 Å². The fourth-order valence-electron chi connectivity index (χ4n) is 2.88. The van der Waals surface area contributed by atoms with Crippen LogP contribution in [-0.4, -0.2) is 26.3 Å². The molecule has 0 saturated carbocycles. The summed E-state index contributed by atoms with van der Waals surface area (Å²) in [6, 6.07) is 16.9. The predicted octanol–water partition coefficient (Wildman–Crippen LogP) is 4.36. The fourth-order valence-corrected chi connectivity index (χ4v) is 4.42. The van der Waals surface area contributed by atoms with Gasteiger partial charge in [-0.25, -0.2) is 8.42 Å². The molecule has 29 heavy (non-hydrogen) atoms. The molecule has 0 fully saturated rings. The Morgan fingerprint density at radius 1 is 1.00 bits per heavy atom. The van der Waals surface area contributed by atoms with E-state index in [1.54, 1.807) is 60.8 Å². The molecule has 0 aliphatic heterocycles. The molecule has 3 aromatic rings. The summed E-state index contributed by atoms with van der Waals surface area (Å²) >= 11 is 0. The molecule has 2 aromatic carbocycles. The number of nitrogens with zero attached hydrogens (tertiary/aromatic N) is 1. The summed E-state index contributed by atoms with van der Waals surface area (Å²) in [5.41, 5.74) is 2.98. The average molecular weight is 410 g/mol. The molecule has 150 valence electrons. The number of sulfone groups is 1. The molecule has 0 amide bonds. The molecule has 1 atom stereocenters. The van der Waals surface area contributed by atoms with Crippen molar-refractivity contribution in [1.82, 2.24) is 4.98 Å². The number of hydrogen-bond acceptors (Lipinski definition) is 5. The zero-order valence-corrected chi connectivity index (χ0v) is 17.2. The summed E-state index contributed by atoms with van der Waals surface area (Å²) in [5, 5.41) is -0.957. The molecule has 1 heterocycles. The van der Waals surface area contributed by atoms with E-state index in [1.165, 1.54) is 0 Å². The maximum atomic E-state index is 13.4. The average Bonchev–Trinajstić information content (AvgIpc) is 2.75. The van der Waals surface area contributed by atoms with Crippen molar-refractivity contribution in [3.8, 4) is 5.75 Å². The maximum Gasteiger partial charge on any atom is 0.190 e. The number of ether oxygens (including phenoxy) is 1. The highest BCUT2D eigenvalue weighted by atomic mass is 32.2. The minimum atomic E-state index is -3.72. The number of pyridine rings is 1. The monoisotopic (exact) mass is 409 g/mol. The largest absolute Gasteiger partial charge is 0.492 e. The van der Waals surface area contributed by atoms with Crippen molar-refractivity contribution in [2.75, 3.05) is 6.61 Å². The van der Waals surface area contributed by atoms with Crippen LogP contribution in [0.1, 0.15) is 39.4 Å². The standard InChI is InChI=1S/C23H23NO4S/c1-3-18-8-13-22(24-14-18)23(16-28-20-9-6-19(15-25)7-10-20)29(26,27)21-11-4-17(2)5-12-21/h4-15,23H,3,16H2,1-2H3. The van der Waals surface area contributed by atoms with Crippen LogP contribution >= 0.6 is 0 Å². The Bertz CT molecular complexity index is 1060. The molecule has 0 N–H and O–H groups in total. The highest BCUT2D eigenvalue weighted by molar-refractivity contribution is 7.91. The zero-order valence-electron chi connectivity index (χ0n) is 16.4. The van der Waals surface area contributed by atoms with E-state index < -0.39 is 15.1 Å². The van der Waals surface area contributed by atoms with Gasteiger partial charge < -0.3 is 4.74 Å². The lowest BCUT2D eigenvalue weighted by molar-refractivity contribution is 0.112. The molecule has 1 unspecified atom stereocenters. The van der Waals surface area contributed by atoms with Gasteiger partial charge in [-0.3, -0.25) is 9.78 Å². The number of hydrogen-bond donors (Lipinski definition) is 0. The van der Waals surface area contributed by atoms with Crippen molar-refractivity contribution in [1.29, 1.82) is 0 Å². The molecular formula is C23H23NO4S. The lowest BCUT2D eigenvalue weighted by Gasteiger charge is -2.19. The van der Waals surface area contributed by atoms with Crippen LogP contribution in [0.2, 0.25) is 0 Å². The Labute approximate surface area is 171 Å². The van der Waals surface area contributed by atoms with E-state index in [4.69, 9.17) is 4.74 Å². The van der Waals surface area contributed by atoms with E-state index in [9.17, 15) is 13.2 Å². The Morgan fingerprint density at radius 3 is 2.24 bits per heavy atom. The van der Waals surface area contributed by atoms with Gasteiger partial charge in [0.05, 0.1) is 10.6 Å². The van der Waals surface area contributed by atoms with Crippen LogP contribution in [-0.2, 0) is 16.3 Å². The molecule has 0 aliphatic carbocycles. The van der Waals surface area contributed by atoms with Gasteiger partial charge in [0.25, 0.3) is 0 Å².